The summed E-state index contributed by atoms with van der Waals surface area (Å²) in [5, 5.41) is 0. The third kappa shape index (κ3) is 2.54. The molecule has 0 aromatic carbocycles. The predicted molar refractivity (Wildman–Crippen MR) is 76.9 cm³/mol. The van der Waals surface area contributed by atoms with Crippen LogP contribution >= 0.6 is 0 Å². The van der Waals surface area contributed by atoms with Gasteiger partial charge in [0, 0.05) is 13.1 Å². The molecule has 19 heavy (non-hydrogen) atoms. The molecule has 1 amide bonds. The molecule has 1 aliphatic heterocycles. The van der Waals surface area contributed by atoms with E-state index in [4.69, 9.17) is 0 Å². The van der Waals surface area contributed by atoms with Crippen LogP contribution in [0.1, 0.15) is 44.9 Å². The van der Waals surface area contributed by atoms with Crippen molar-refractivity contribution in [3.8, 4) is 0 Å². The number of carbonyl (C=O) groups is 1. The van der Waals surface area contributed by atoms with Gasteiger partial charge in [-0.05, 0) is 63.5 Å². The lowest BCUT2D eigenvalue weighted by Gasteiger charge is -2.56. The molecular weight excluding hydrogens is 236 g/mol. The monoisotopic (exact) mass is 264 g/mol. The molecule has 3 nitrogen and oxygen atoms in total. The van der Waals surface area contributed by atoms with Crippen molar-refractivity contribution in [1.82, 2.24) is 9.80 Å². The predicted octanol–water partition coefficient (Wildman–Crippen LogP) is 2.37. The van der Waals surface area contributed by atoms with Gasteiger partial charge in [-0.15, -0.1) is 0 Å². The Kier molecular flexibility index (Phi) is 3.59. The van der Waals surface area contributed by atoms with E-state index in [2.05, 4.69) is 4.90 Å². The van der Waals surface area contributed by atoms with Gasteiger partial charge in [-0.3, -0.25) is 4.79 Å². The van der Waals surface area contributed by atoms with Gasteiger partial charge in [0.05, 0.1) is 6.54 Å². The Hall–Kier alpha value is -0.570. The molecule has 1 unspecified atom stereocenters. The molecule has 3 saturated carbocycles. The highest BCUT2D eigenvalue weighted by molar-refractivity contribution is 5.78. The fourth-order valence-electron chi connectivity index (χ4n) is 4.96. The molecular formula is C16H28N2O. The van der Waals surface area contributed by atoms with Gasteiger partial charge >= 0.3 is 0 Å². The summed E-state index contributed by atoms with van der Waals surface area (Å²) in [6.07, 6.45) is 9.78. The largest absolute Gasteiger partial charge is 0.341 e. The van der Waals surface area contributed by atoms with Gasteiger partial charge in [0.25, 0.3) is 0 Å². The number of hydrogen-bond acceptors (Lipinski definition) is 2. The van der Waals surface area contributed by atoms with E-state index < -0.39 is 0 Å². The molecule has 3 aliphatic carbocycles. The molecule has 1 atom stereocenters. The van der Waals surface area contributed by atoms with Crippen molar-refractivity contribution in [3.05, 3.63) is 0 Å². The number of nitrogens with zero attached hydrogens (tertiary/aromatic N) is 2. The number of amides is 1. The van der Waals surface area contributed by atoms with Crippen LogP contribution in [0.3, 0.4) is 0 Å². The average Bonchev–Trinajstić information content (AvgIpc) is 2.39. The fourth-order valence-corrected chi connectivity index (χ4v) is 4.96. The highest BCUT2D eigenvalue weighted by atomic mass is 16.2. The van der Waals surface area contributed by atoms with Crippen molar-refractivity contribution in [2.45, 2.75) is 44.9 Å². The van der Waals surface area contributed by atoms with E-state index in [0.717, 1.165) is 24.9 Å². The fraction of sp³-hybridized carbons (Fsp3) is 0.938. The third-order valence-electron chi connectivity index (χ3n) is 5.82. The minimum atomic E-state index is 0.338. The molecule has 0 aromatic rings. The Morgan fingerprint density at radius 2 is 2.00 bits per heavy atom. The van der Waals surface area contributed by atoms with Crippen LogP contribution in [-0.4, -0.2) is 49.4 Å². The molecule has 3 heteroatoms. The van der Waals surface area contributed by atoms with Crippen molar-refractivity contribution in [2.75, 3.05) is 33.7 Å². The number of rotatable bonds is 2. The molecule has 1 saturated heterocycles. The summed E-state index contributed by atoms with van der Waals surface area (Å²) < 4.78 is 0. The maximum Gasteiger partial charge on any atom is 0.236 e. The molecule has 2 bridgehead atoms. The van der Waals surface area contributed by atoms with Gasteiger partial charge in [0.15, 0.2) is 0 Å². The van der Waals surface area contributed by atoms with E-state index >= 15 is 0 Å². The van der Waals surface area contributed by atoms with Crippen LogP contribution in [0.15, 0.2) is 0 Å². The lowest BCUT2D eigenvalue weighted by atomic mass is 9.53. The number of hydrogen-bond donors (Lipinski definition) is 0. The van der Waals surface area contributed by atoms with E-state index in [1.807, 2.05) is 19.0 Å². The Balaban J connectivity index is 1.69. The lowest BCUT2D eigenvalue weighted by Crippen LogP contribution is -2.54. The van der Waals surface area contributed by atoms with Crippen LogP contribution in [-0.2, 0) is 4.79 Å². The highest BCUT2D eigenvalue weighted by Crippen LogP contribution is 2.56. The number of carbonyl (C=O) groups excluding carboxylic acids is 1. The molecule has 1 heterocycles. The van der Waals surface area contributed by atoms with Gasteiger partial charge in [-0.1, -0.05) is 12.8 Å². The van der Waals surface area contributed by atoms with Gasteiger partial charge in [-0.2, -0.15) is 0 Å². The maximum atomic E-state index is 12.3. The normalized spacial score (nSPS) is 38.2. The Morgan fingerprint density at radius 1 is 1.26 bits per heavy atom. The third-order valence-corrected chi connectivity index (χ3v) is 5.82. The van der Waals surface area contributed by atoms with Crippen LogP contribution < -0.4 is 0 Å². The maximum absolute atomic E-state index is 12.3. The number of likely N-dealkylation sites (N-methyl/N-ethyl adjacent to an activating group) is 1. The molecule has 0 N–H and O–H groups in total. The molecule has 108 valence electrons. The highest BCUT2D eigenvalue weighted by Gasteiger charge is 2.49. The van der Waals surface area contributed by atoms with E-state index in [9.17, 15) is 4.79 Å². The summed E-state index contributed by atoms with van der Waals surface area (Å²) in [4.78, 5) is 16.5. The number of fused-ring (bicyclic) bond motifs is 2. The van der Waals surface area contributed by atoms with E-state index in [1.165, 1.54) is 44.9 Å². The van der Waals surface area contributed by atoms with Crippen LogP contribution in [0.25, 0.3) is 0 Å². The van der Waals surface area contributed by atoms with Crippen molar-refractivity contribution in [3.63, 3.8) is 0 Å². The van der Waals surface area contributed by atoms with E-state index in [-0.39, 0.29) is 0 Å². The first-order valence-electron chi connectivity index (χ1n) is 8.01. The van der Waals surface area contributed by atoms with Crippen molar-refractivity contribution >= 4 is 5.91 Å². The van der Waals surface area contributed by atoms with Crippen molar-refractivity contribution < 1.29 is 4.79 Å². The number of piperidine rings is 1. The van der Waals surface area contributed by atoms with Crippen molar-refractivity contribution in [2.24, 2.45) is 17.3 Å². The minimum Gasteiger partial charge on any atom is -0.341 e. The van der Waals surface area contributed by atoms with Gasteiger partial charge in [0.2, 0.25) is 5.91 Å². The average molecular weight is 264 g/mol. The lowest BCUT2D eigenvalue weighted by molar-refractivity contribution is -0.140. The quantitative estimate of drug-likeness (QED) is 0.764. The van der Waals surface area contributed by atoms with Gasteiger partial charge in [-0.25, -0.2) is 0 Å². The molecule has 0 aromatic heterocycles. The standard InChI is InChI=1S/C16H28N2O/c1-17(2)11-15(19)18-9-3-8-16(12-18)10-13-4-6-14(16)7-5-13/h13-14H,3-12H2,1-2H3. The van der Waals surface area contributed by atoms with Gasteiger partial charge < -0.3 is 9.80 Å². The Bertz CT molecular complexity index is 347. The van der Waals surface area contributed by atoms with Crippen LogP contribution in [0.4, 0.5) is 0 Å². The molecule has 1 spiro atoms. The first-order valence-corrected chi connectivity index (χ1v) is 8.01. The summed E-state index contributed by atoms with van der Waals surface area (Å²) in [6, 6.07) is 0. The van der Waals surface area contributed by atoms with Crippen molar-refractivity contribution in [1.29, 1.82) is 0 Å². The second-order valence-corrected chi connectivity index (χ2v) is 7.44. The van der Waals surface area contributed by atoms with E-state index in [1.54, 1.807) is 0 Å². The summed E-state index contributed by atoms with van der Waals surface area (Å²) >= 11 is 0. The Morgan fingerprint density at radius 3 is 2.58 bits per heavy atom. The SMILES string of the molecule is CN(C)CC(=O)N1CCCC2(CC3CCC2CC3)C1. The zero-order valence-corrected chi connectivity index (χ0v) is 12.5. The zero-order chi connectivity index (χ0) is 13.5. The van der Waals surface area contributed by atoms with E-state index in [0.29, 0.717) is 17.9 Å². The first kappa shape index (κ1) is 13.4. The molecule has 0 radical (unpaired) electrons. The van der Waals surface area contributed by atoms with Crippen LogP contribution in [0.2, 0.25) is 0 Å². The summed E-state index contributed by atoms with van der Waals surface area (Å²) in [7, 11) is 3.97. The molecule has 4 aliphatic rings. The number of likely N-dealkylation sites (tertiary alicyclic amines) is 1. The second-order valence-electron chi connectivity index (χ2n) is 7.44. The van der Waals surface area contributed by atoms with Crippen LogP contribution in [0, 0.1) is 17.3 Å². The minimum absolute atomic E-state index is 0.338. The van der Waals surface area contributed by atoms with Crippen LogP contribution in [0.5, 0.6) is 0 Å². The second kappa shape index (κ2) is 5.08. The summed E-state index contributed by atoms with van der Waals surface area (Å²) in [5.74, 6) is 2.21. The smallest absolute Gasteiger partial charge is 0.236 e. The Labute approximate surface area is 117 Å². The zero-order valence-electron chi connectivity index (χ0n) is 12.5. The summed E-state index contributed by atoms with van der Waals surface area (Å²) in [6.45, 7) is 2.62. The topological polar surface area (TPSA) is 23.6 Å². The van der Waals surface area contributed by atoms with Gasteiger partial charge in [0.1, 0.15) is 0 Å². The first-order chi connectivity index (χ1) is 9.09. The summed E-state index contributed by atoms with van der Waals surface area (Å²) in [5.41, 5.74) is 0.501. The molecule has 4 rings (SSSR count). The molecule has 4 fully saturated rings.